The Balaban J connectivity index is 1.73. The third kappa shape index (κ3) is 4.66. The fraction of sp³-hybridized carbons (Fsp3) is 0.409. The topological polar surface area (TPSA) is 84.9 Å². The molecule has 0 aliphatic carbocycles. The lowest BCUT2D eigenvalue weighted by Crippen LogP contribution is -2.40. The molecule has 0 amide bonds. The van der Waals surface area contributed by atoms with E-state index in [9.17, 15) is 14.5 Å². The van der Waals surface area contributed by atoms with Crippen molar-refractivity contribution in [2.24, 2.45) is 0 Å². The number of carbonyl (C=O) groups is 1. The molecule has 2 aromatic rings. The average molecular weight is 447 g/mol. The van der Waals surface area contributed by atoms with Gasteiger partial charge in [0.05, 0.1) is 28.4 Å². The van der Waals surface area contributed by atoms with E-state index in [1.54, 1.807) is 24.5 Å². The second-order valence-corrected chi connectivity index (χ2v) is 9.87. The molecule has 0 aromatic heterocycles. The van der Waals surface area contributed by atoms with E-state index >= 15 is 0 Å². The number of piperidine rings is 1. The summed E-state index contributed by atoms with van der Waals surface area (Å²) in [6, 6.07) is 11.3. The predicted molar refractivity (Wildman–Crippen MR) is 121 cm³/mol. The summed E-state index contributed by atoms with van der Waals surface area (Å²) in [6.45, 7) is 1.60. The Morgan fingerprint density at radius 1 is 1.23 bits per heavy atom. The van der Waals surface area contributed by atoms with E-state index in [1.807, 2.05) is 12.1 Å². The molecule has 0 radical (unpaired) electrons. The lowest BCUT2D eigenvalue weighted by Gasteiger charge is -2.39. The summed E-state index contributed by atoms with van der Waals surface area (Å²) in [5.41, 5.74) is 2.23. The number of anilines is 2. The quantitative estimate of drug-likeness (QED) is 0.507. The van der Waals surface area contributed by atoms with Gasteiger partial charge < -0.3 is 24.0 Å². The van der Waals surface area contributed by atoms with Crippen molar-refractivity contribution in [3.8, 4) is 5.75 Å². The Kier molecular flexibility index (Phi) is 6.65. The molecular formula is C22H26N2O4S2. The molecule has 1 fully saturated rings. The molecule has 2 aliphatic rings. The maximum Gasteiger partial charge on any atom is 0.335 e. The van der Waals surface area contributed by atoms with E-state index in [1.165, 1.54) is 18.4 Å². The number of carboxylic acid groups (broad SMARTS) is 1. The first-order chi connectivity index (χ1) is 14.5. The Labute approximate surface area is 184 Å². The summed E-state index contributed by atoms with van der Waals surface area (Å²) >= 11 is 0.246. The van der Waals surface area contributed by atoms with Gasteiger partial charge in [-0.2, -0.15) is 0 Å². The van der Waals surface area contributed by atoms with Crippen LogP contribution >= 0.6 is 11.9 Å². The van der Waals surface area contributed by atoms with E-state index < -0.39 is 17.1 Å². The van der Waals surface area contributed by atoms with Gasteiger partial charge in [0.1, 0.15) is 12.0 Å². The van der Waals surface area contributed by atoms with Crippen LogP contribution in [0.15, 0.2) is 46.2 Å². The molecule has 8 heteroatoms. The molecule has 0 bridgehead atoms. The van der Waals surface area contributed by atoms with E-state index in [0.29, 0.717) is 18.4 Å². The minimum atomic E-state index is -1.09. The van der Waals surface area contributed by atoms with Crippen molar-refractivity contribution >= 4 is 40.5 Å². The van der Waals surface area contributed by atoms with Crippen molar-refractivity contribution in [3.05, 3.63) is 42.0 Å². The summed E-state index contributed by atoms with van der Waals surface area (Å²) in [4.78, 5) is 15.4. The SMILES string of the molecule is C[S+]([O-])c1ccc2c(c1)NSc1cc(C(=O)O)ccc1OCCCC1CCCCN21. The van der Waals surface area contributed by atoms with Crippen molar-refractivity contribution < 1.29 is 19.2 Å². The average Bonchev–Trinajstić information content (AvgIpc) is 2.74. The molecule has 30 heavy (non-hydrogen) atoms. The van der Waals surface area contributed by atoms with Gasteiger partial charge >= 0.3 is 5.97 Å². The number of benzene rings is 2. The molecule has 0 saturated carbocycles. The highest BCUT2D eigenvalue weighted by atomic mass is 32.2. The molecule has 1 saturated heterocycles. The molecule has 0 spiro atoms. The minimum absolute atomic E-state index is 0.221. The van der Waals surface area contributed by atoms with Crippen LogP contribution in [0.3, 0.4) is 0 Å². The number of nitrogens with zero attached hydrogens (tertiary/aromatic N) is 1. The molecule has 2 aromatic carbocycles. The maximum absolute atomic E-state index is 12.1. The monoisotopic (exact) mass is 446 g/mol. The van der Waals surface area contributed by atoms with Gasteiger partial charge in [0.2, 0.25) is 0 Å². The predicted octanol–water partition coefficient (Wildman–Crippen LogP) is 4.77. The van der Waals surface area contributed by atoms with E-state index in [0.717, 1.165) is 53.4 Å². The summed E-state index contributed by atoms with van der Waals surface area (Å²) < 4.78 is 21.5. The van der Waals surface area contributed by atoms with Gasteiger partial charge in [0.25, 0.3) is 0 Å². The Bertz CT molecular complexity index is 922. The summed E-state index contributed by atoms with van der Waals surface area (Å²) in [5.74, 6) is -0.292. The lowest BCUT2D eigenvalue weighted by molar-refractivity contribution is 0.0696. The molecule has 4 rings (SSSR count). The molecule has 2 atom stereocenters. The number of hydrogen-bond acceptors (Lipinski definition) is 6. The van der Waals surface area contributed by atoms with Crippen LogP contribution in [0.4, 0.5) is 11.4 Å². The highest BCUT2D eigenvalue weighted by Crippen LogP contribution is 2.39. The number of fused-ring (bicyclic) bond motifs is 4. The highest BCUT2D eigenvalue weighted by Gasteiger charge is 2.26. The number of hydrogen-bond donors (Lipinski definition) is 2. The van der Waals surface area contributed by atoms with Gasteiger partial charge in [-0.1, -0.05) is 0 Å². The van der Waals surface area contributed by atoms with Gasteiger partial charge in [-0.25, -0.2) is 4.79 Å². The van der Waals surface area contributed by atoms with Gasteiger partial charge in [-0.15, -0.1) is 0 Å². The maximum atomic E-state index is 12.1. The summed E-state index contributed by atoms with van der Waals surface area (Å²) in [7, 11) is 0. The Morgan fingerprint density at radius 2 is 2.07 bits per heavy atom. The Hall–Kier alpha value is -2.03. The fourth-order valence-electron chi connectivity index (χ4n) is 4.10. The standard InChI is InChI=1S/C22H26N2O4S2/c1-30(27)17-8-9-19-18(14-17)23-29-21-13-15(22(25)26)7-10-20(21)28-12-4-6-16-5-2-3-11-24(16)19/h7-10,13-14,16,23H,2-6,11-12H2,1H3,(H,25,26). The van der Waals surface area contributed by atoms with Crippen molar-refractivity contribution in [2.75, 3.05) is 29.0 Å². The van der Waals surface area contributed by atoms with Gasteiger partial charge in [-0.3, -0.25) is 0 Å². The van der Waals surface area contributed by atoms with Crippen molar-refractivity contribution in [3.63, 3.8) is 0 Å². The summed E-state index contributed by atoms with van der Waals surface area (Å²) in [5, 5.41) is 9.37. The van der Waals surface area contributed by atoms with Crippen LogP contribution in [-0.4, -0.2) is 41.1 Å². The zero-order valence-electron chi connectivity index (χ0n) is 16.9. The molecule has 160 valence electrons. The fourth-order valence-corrected chi connectivity index (χ4v) is 5.44. The molecule has 2 N–H and O–H groups in total. The van der Waals surface area contributed by atoms with Crippen LogP contribution in [0.25, 0.3) is 0 Å². The molecule has 2 aliphatic heterocycles. The first-order valence-corrected chi connectivity index (χ1v) is 12.6. The van der Waals surface area contributed by atoms with Crippen molar-refractivity contribution in [1.82, 2.24) is 0 Å². The smallest absolute Gasteiger partial charge is 0.335 e. The van der Waals surface area contributed by atoms with Crippen LogP contribution in [0.1, 0.15) is 42.5 Å². The second-order valence-electron chi connectivity index (χ2n) is 7.64. The van der Waals surface area contributed by atoms with Gasteiger partial charge in [-0.05, 0) is 85.6 Å². The van der Waals surface area contributed by atoms with Gasteiger partial charge in [0.15, 0.2) is 4.90 Å². The van der Waals surface area contributed by atoms with Gasteiger partial charge in [0, 0.05) is 18.7 Å². The normalized spacial score (nSPS) is 20.2. The zero-order chi connectivity index (χ0) is 21.1. The molecule has 2 heterocycles. The molecular weight excluding hydrogens is 420 g/mol. The van der Waals surface area contributed by atoms with Crippen LogP contribution in [0.2, 0.25) is 0 Å². The molecule has 6 nitrogen and oxygen atoms in total. The number of rotatable bonds is 2. The zero-order valence-corrected chi connectivity index (χ0v) is 18.6. The van der Waals surface area contributed by atoms with Crippen LogP contribution in [-0.2, 0) is 11.2 Å². The third-order valence-corrected chi connectivity index (χ3v) is 7.42. The number of aromatic carboxylic acids is 1. The number of nitrogens with one attached hydrogen (secondary N) is 1. The first-order valence-electron chi connectivity index (χ1n) is 10.2. The van der Waals surface area contributed by atoms with Crippen molar-refractivity contribution in [1.29, 1.82) is 0 Å². The van der Waals surface area contributed by atoms with E-state index in [-0.39, 0.29) is 5.56 Å². The second kappa shape index (κ2) is 9.41. The number of ether oxygens (including phenoxy) is 1. The van der Waals surface area contributed by atoms with E-state index in [2.05, 4.69) is 15.7 Å². The van der Waals surface area contributed by atoms with Crippen LogP contribution in [0.5, 0.6) is 5.75 Å². The lowest BCUT2D eigenvalue weighted by atomic mass is 9.97. The van der Waals surface area contributed by atoms with E-state index in [4.69, 9.17) is 4.74 Å². The first kappa shape index (κ1) is 21.2. The third-order valence-electron chi connectivity index (χ3n) is 5.64. The summed E-state index contributed by atoms with van der Waals surface area (Å²) in [6.07, 6.45) is 7.20. The largest absolute Gasteiger partial charge is 0.612 e. The van der Waals surface area contributed by atoms with Crippen molar-refractivity contribution in [2.45, 2.75) is 47.9 Å². The number of carboxylic acids is 1. The Morgan fingerprint density at radius 3 is 2.87 bits per heavy atom. The highest BCUT2D eigenvalue weighted by molar-refractivity contribution is 8.00. The van der Waals surface area contributed by atoms with Crippen LogP contribution < -0.4 is 14.4 Å². The van der Waals surface area contributed by atoms with Crippen LogP contribution in [0, 0.1) is 0 Å². The molecule has 2 unspecified atom stereocenters. The minimum Gasteiger partial charge on any atom is -0.612 e.